The Bertz CT molecular complexity index is 938. The highest BCUT2D eigenvalue weighted by Gasteiger charge is 2.33. The summed E-state index contributed by atoms with van der Waals surface area (Å²) in [6.45, 7) is 0.213. The molecule has 0 bridgehead atoms. The van der Waals surface area contributed by atoms with E-state index in [2.05, 4.69) is 5.32 Å². The zero-order chi connectivity index (χ0) is 19.3. The van der Waals surface area contributed by atoms with Crippen LogP contribution < -0.4 is 10.1 Å². The molecule has 0 saturated carbocycles. The number of esters is 1. The van der Waals surface area contributed by atoms with Crippen LogP contribution in [0.2, 0.25) is 0 Å². The maximum atomic E-state index is 12.8. The first kappa shape index (κ1) is 18.3. The Labute approximate surface area is 166 Å². The number of hydrogen-bond donors (Lipinski definition) is 1. The van der Waals surface area contributed by atoms with Crippen LogP contribution in [0.25, 0.3) is 0 Å². The summed E-state index contributed by atoms with van der Waals surface area (Å²) in [4.78, 5) is 26.1. The molecule has 0 aliphatic carbocycles. The van der Waals surface area contributed by atoms with E-state index in [-0.39, 0.29) is 12.5 Å². The van der Waals surface area contributed by atoms with E-state index in [1.165, 1.54) is 4.88 Å². The molecule has 0 radical (unpaired) electrons. The van der Waals surface area contributed by atoms with Crippen LogP contribution in [0.15, 0.2) is 66.0 Å². The minimum absolute atomic E-state index is 0.301. The zero-order valence-corrected chi connectivity index (χ0v) is 15.9. The van der Waals surface area contributed by atoms with E-state index in [0.29, 0.717) is 18.0 Å². The fourth-order valence-electron chi connectivity index (χ4n) is 3.21. The highest BCUT2D eigenvalue weighted by atomic mass is 32.1. The van der Waals surface area contributed by atoms with Gasteiger partial charge in [-0.15, -0.1) is 11.3 Å². The molecule has 0 unspecified atom stereocenters. The SMILES string of the molecule is O=C(COC(=O)C1c2ccccc2Oc2ccccc21)NCCc1cccs1. The third-order valence-electron chi connectivity index (χ3n) is 4.53. The Morgan fingerprint density at radius 2 is 1.64 bits per heavy atom. The Balaban J connectivity index is 1.40. The number of benzene rings is 2. The van der Waals surface area contributed by atoms with Crippen LogP contribution in [0.3, 0.4) is 0 Å². The molecule has 1 aromatic heterocycles. The zero-order valence-electron chi connectivity index (χ0n) is 15.1. The average Bonchev–Trinajstić information content (AvgIpc) is 3.23. The lowest BCUT2D eigenvalue weighted by Crippen LogP contribution is -2.31. The highest BCUT2D eigenvalue weighted by Crippen LogP contribution is 2.44. The van der Waals surface area contributed by atoms with E-state index in [1.54, 1.807) is 11.3 Å². The van der Waals surface area contributed by atoms with Crippen LogP contribution in [0, 0.1) is 0 Å². The Morgan fingerprint density at radius 1 is 0.964 bits per heavy atom. The minimum atomic E-state index is -0.611. The minimum Gasteiger partial charge on any atom is -0.457 e. The Morgan fingerprint density at radius 3 is 2.29 bits per heavy atom. The molecule has 1 amide bonds. The Kier molecular flexibility index (Phi) is 5.39. The lowest BCUT2D eigenvalue weighted by Gasteiger charge is -2.26. The lowest BCUT2D eigenvalue weighted by molar-refractivity contribution is -0.149. The molecule has 0 saturated heterocycles. The maximum Gasteiger partial charge on any atom is 0.318 e. The monoisotopic (exact) mass is 393 g/mol. The van der Waals surface area contributed by atoms with Crippen molar-refractivity contribution in [2.75, 3.05) is 13.2 Å². The summed E-state index contributed by atoms with van der Waals surface area (Å²) in [5.74, 6) is -0.123. The number of fused-ring (bicyclic) bond motifs is 2. The lowest BCUT2D eigenvalue weighted by atomic mass is 9.88. The second kappa shape index (κ2) is 8.27. The molecule has 6 heteroatoms. The smallest absolute Gasteiger partial charge is 0.318 e. The molecule has 2 aromatic carbocycles. The maximum absolute atomic E-state index is 12.8. The fraction of sp³-hybridized carbons (Fsp3) is 0.182. The van der Waals surface area contributed by atoms with Crippen LogP contribution in [0.5, 0.6) is 11.5 Å². The molecule has 0 atom stereocenters. The number of thiophene rings is 1. The normalized spacial score (nSPS) is 12.4. The van der Waals surface area contributed by atoms with Crippen LogP contribution in [0.4, 0.5) is 0 Å². The summed E-state index contributed by atoms with van der Waals surface area (Å²) in [6.07, 6.45) is 0.762. The highest BCUT2D eigenvalue weighted by molar-refractivity contribution is 7.09. The number of ether oxygens (including phenoxy) is 2. The molecule has 4 rings (SSSR count). The van der Waals surface area contributed by atoms with Crippen molar-refractivity contribution in [2.45, 2.75) is 12.3 Å². The molecule has 1 aliphatic heterocycles. The van der Waals surface area contributed by atoms with Gasteiger partial charge >= 0.3 is 5.97 Å². The van der Waals surface area contributed by atoms with Crippen molar-refractivity contribution >= 4 is 23.2 Å². The van der Waals surface area contributed by atoms with Gasteiger partial charge in [0.1, 0.15) is 17.4 Å². The van der Waals surface area contributed by atoms with Gasteiger partial charge in [0.15, 0.2) is 6.61 Å². The van der Waals surface area contributed by atoms with Gasteiger partial charge in [-0.05, 0) is 30.0 Å². The molecule has 142 valence electrons. The van der Waals surface area contributed by atoms with Crippen LogP contribution >= 0.6 is 11.3 Å². The predicted octanol–water partition coefficient (Wildman–Crippen LogP) is 3.89. The number of para-hydroxylation sites is 2. The number of nitrogens with one attached hydrogen (secondary N) is 1. The van der Waals surface area contributed by atoms with Gasteiger partial charge < -0.3 is 14.8 Å². The topological polar surface area (TPSA) is 64.6 Å². The summed E-state index contributed by atoms with van der Waals surface area (Å²) < 4.78 is 11.2. The molecule has 3 aromatic rings. The number of carbonyl (C=O) groups excluding carboxylic acids is 2. The second-order valence-corrected chi connectivity index (χ2v) is 7.43. The fourth-order valence-corrected chi connectivity index (χ4v) is 3.92. The summed E-state index contributed by atoms with van der Waals surface area (Å²) in [7, 11) is 0. The van der Waals surface area contributed by atoms with E-state index >= 15 is 0 Å². The molecule has 1 aliphatic rings. The first-order chi connectivity index (χ1) is 13.7. The van der Waals surface area contributed by atoms with E-state index < -0.39 is 11.9 Å². The van der Waals surface area contributed by atoms with E-state index in [1.807, 2.05) is 66.0 Å². The second-order valence-electron chi connectivity index (χ2n) is 6.40. The van der Waals surface area contributed by atoms with E-state index in [0.717, 1.165) is 17.5 Å². The summed E-state index contributed by atoms with van der Waals surface area (Å²) in [5, 5.41) is 4.79. The van der Waals surface area contributed by atoms with Crippen molar-refractivity contribution in [3.8, 4) is 11.5 Å². The quantitative estimate of drug-likeness (QED) is 0.646. The molecular weight excluding hydrogens is 374 g/mol. The van der Waals surface area contributed by atoms with Crippen molar-refractivity contribution in [3.63, 3.8) is 0 Å². The van der Waals surface area contributed by atoms with Crippen LogP contribution in [-0.2, 0) is 20.7 Å². The third kappa shape index (κ3) is 3.92. The van der Waals surface area contributed by atoms with Gasteiger partial charge in [-0.25, -0.2) is 0 Å². The standard InChI is InChI=1S/C22H19NO4S/c24-20(23-12-11-15-6-5-13-28-15)14-26-22(25)21-16-7-1-3-9-18(16)27-19-10-4-2-8-17(19)21/h1-10,13,21H,11-12,14H2,(H,23,24). The summed E-state index contributed by atoms with van der Waals surface area (Å²) >= 11 is 1.65. The van der Waals surface area contributed by atoms with Crippen molar-refractivity contribution in [3.05, 3.63) is 82.0 Å². The largest absolute Gasteiger partial charge is 0.457 e. The van der Waals surface area contributed by atoms with Crippen LogP contribution in [-0.4, -0.2) is 25.0 Å². The predicted molar refractivity (Wildman–Crippen MR) is 107 cm³/mol. The van der Waals surface area contributed by atoms with Gasteiger partial charge in [0.05, 0.1) is 0 Å². The average molecular weight is 393 g/mol. The van der Waals surface area contributed by atoms with Gasteiger partial charge in [-0.1, -0.05) is 42.5 Å². The molecular formula is C22H19NO4S. The number of amides is 1. The van der Waals surface area contributed by atoms with Crippen LogP contribution in [0.1, 0.15) is 21.9 Å². The number of hydrogen-bond acceptors (Lipinski definition) is 5. The Hall–Kier alpha value is -3.12. The van der Waals surface area contributed by atoms with Gasteiger partial charge in [0, 0.05) is 22.5 Å². The van der Waals surface area contributed by atoms with Crippen molar-refractivity contribution in [2.24, 2.45) is 0 Å². The third-order valence-corrected chi connectivity index (χ3v) is 5.47. The number of carbonyl (C=O) groups is 2. The van der Waals surface area contributed by atoms with E-state index in [9.17, 15) is 9.59 Å². The first-order valence-electron chi connectivity index (χ1n) is 9.04. The van der Waals surface area contributed by atoms with Crippen molar-refractivity contribution in [1.29, 1.82) is 0 Å². The van der Waals surface area contributed by atoms with Crippen molar-refractivity contribution < 1.29 is 19.1 Å². The van der Waals surface area contributed by atoms with E-state index in [4.69, 9.17) is 9.47 Å². The molecule has 0 spiro atoms. The van der Waals surface area contributed by atoms with Gasteiger partial charge in [-0.3, -0.25) is 9.59 Å². The molecule has 5 nitrogen and oxygen atoms in total. The molecule has 2 heterocycles. The van der Waals surface area contributed by atoms with Gasteiger partial charge in [-0.2, -0.15) is 0 Å². The van der Waals surface area contributed by atoms with Gasteiger partial charge in [0.2, 0.25) is 0 Å². The van der Waals surface area contributed by atoms with Gasteiger partial charge in [0.25, 0.3) is 5.91 Å². The molecule has 28 heavy (non-hydrogen) atoms. The molecule has 0 fully saturated rings. The first-order valence-corrected chi connectivity index (χ1v) is 9.92. The summed E-state index contributed by atoms with van der Waals surface area (Å²) in [6, 6.07) is 18.8. The molecule has 1 N–H and O–H groups in total. The number of rotatable bonds is 6. The summed E-state index contributed by atoms with van der Waals surface area (Å²) in [5.41, 5.74) is 1.48. The van der Waals surface area contributed by atoms with Crippen molar-refractivity contribution in [1.82, 2.24) is 5.32 Å².